The van der Waals surface area contributed by atoms with Crippen LogP contribution in [0.25, 0.3) is 0 Å². The Balaban J connectivity index is 2.43. The van der Waals surface area contributed by atoms with Crippen molar-refractivity contribution in [3.8, 4) is 0 Å². The molecule has 1 rings (SSSR count). The van der Waals surface area contributed by atoms with Gasteiger partial charge in [0.25, 0.3) is 0 Å². The first kappa shape index (κ1) is 14.3. The van der Waals surface area contributed by atoms with E-state index >= 15 is 0 Å². The van der Waals surface area contributed by atoms with Gasteiger partial charge in [0.2, 0.25) is 0 Å². The molecule has 0 saturated carbocycles. The minimum atomic E-state index is 0.327. The van der Waals surface area contributed by atoms with E-state index in [0.717, 1.165) is 31.9 Å². The van der Waals surface area contributed by atoms with E-state index in [1.165, 1.54) is 5.56 Å². The Bertz CT molecular complexity index is 325. The molecule has 0 bridgehead atoms. The molecule has 0 amide bonds. The van der Waals surface area contributed by atoms with Crippen molar-refractivity contribution in [3.63, 3.8) is 0 Å². The number of hydrogen-bond acceptors (Lipinski definition) is 3. The van der Waals surface area contributed by atoms with Gasteiger partial charge in [-0.2, -0.15) is 0 Å². The van der Waals surface area contributed by atoms with Crippen LogP contribution < -0.4 is 5.32 Å². The number of furan rings is 1. The highest BCUT2D eigenvalue weighted by molar-refractivity contribution is 5.12. The zero-order valence-corrected chi connectivity index (χ0v) is 11.8. The highest BCUT2D eigenvalue weighted by atomic mass is 16.3. The Hall–Kier alpha value is -0.800. The first-order valence-electron chi connectivity index (χ1n) is 6.36. The van der Waals surface area contributed by atoms with E-state index in [2.05, 4.69) is 51.0 Å². The van der Waals surface area contributed by atoms with Crippen LogP contribution in [0.5, 0.6) is 0 Å². The standard InChI is InChI=1S/C14H26N2O/c1-6-15-8-12-7-13(17-10-12)9-16(5)11-14(2,3)4/h7,10,15H,6,8-9,11H2,1-5H3. The summed E-state index contributed by atoms with van der Waals surface area (Å²) in [5.74, 6) is 1.05. The molecular formula is C14H26N2O. The second kappa shape index (κ2) is 6.22. The summed E-state index contributed by atoms with van der Waals surface area (Å²) in [5.41, 5.74) is 1.56. The lowest BCUT2D eigenvalue weighted by Crippen LogP contribution is -2.28. The Labute approximate surface area is 105 Å². The predicted octanol–water partition coefficient (Wildman–Crippen LogP) is 2.87. The third-order valence-corrected chi connectivity index (χ3v) is 2.46. The Morgan fingerprint density at radius 2 is 2.06 bits per heavy atom. The molecule has 98 valence electrons. The van der Waals surface area contributed by atoms with E-state index in [9.17, 15) is 0 Å². The van der Waals surface area contributed by atoms with Crippen molar-refractivity contribution in [3.05, 3.63) is 23.7 Å². The van der Waals surface area contributed by atoms with Crippen molar-refractivity contribution < 1.29 is 4.42 Å². The molecule has 1 aromatic heterocycles. The maximum atomic E-state index is 5.57. The number of hydrogen-bond donors (Lipinski definition) is 1. The molecule has 17 heavy (non-hydrogen) atoms. The van der Waals surface area contributed by atoms with Gasteiger partial charge in [-0.3, -0.25) is 4.90 Å². The highest BCUT2D eigenvalue weighted by Gasteiger charge is 2.14. The van der Waals surface area contributed by atoms with Crippen LogP contribution >= 0.6 is 0 Å². The van der Waals surface area contributed by atoms with E-state index in [0.29, 0.717) is 5.41 Å². The van der Waals surface area contributed by atoms with E-state index < -0.39 is 0 Å². The molecule has 0 saturated heterocycles. The Morgan fingerprint density at radius 1 is 1.35 bits per heavy atom. The fraction of sp³-hybridized carbons (Fsp3) is 0.714. The van der Waals surface area contributed by atoms with Crippen molar-refractivity contribution in [1.29, 1.82) is 0 Å². The van der Waals surface area contributed by atoms with E-state index in [4.69, 9.17) is 4.42 Å². The zero-order chi connectivity index (χ0) is 12.9. The molecule has 0 aliphatic heterocycles. The predicted molar refractivity (Wildman–Crippen MR) is 71.9 cm³/mol. The Kier molecular flexibility index (Phi) is 5.22. The van der Waals surface area contributed by atoms with Crippen LogP contribution in [0, 0.1) is 5.41 Å². The van der Waals surface area contributed by atoms with Crippen LogP contribution in [0.4, 0.5) is 0 Å². The number of rotatable bonds is 6. The normalized spacial score (nSPS) is 12.4. The molecule has 0 aromatic carbocycles. The maximum Gasteiger partial charge on any atom is 0.118 e. The summed E-state index contributed by atoms with van der Waals surface area (Å²) in [7, 11) is 2.14. The topological polar surface area (TPSA) is 28.4 Å². The summed E-state index contributed by atoms with van der Waals surface area (Å²) in [5, 5.41) is 3.30. The largest absolute Gasteiger partial charge is 0.468 e. The third kappa shape index (κ3) is 5.89. The summed E-state index contributed by atoms with van der Waals surface area (Å²) in [4.78, 5) is 2.30. The average molecular weight is 238 g/mol. The molecule has 3 heteroatoms. The van der Waals surface area contributed by atoms with E-state index in [1.54, 1.807) is 0 Å². The molecule has 0 spiro atoms. The van der Waals surface area contributed by atoms with Gasteiger partial charge in [-0.15, -0.1) is 0 Å². The van der Waals surface area contributed by atoms with Gasteiger partial charge < -0.3 is 9.73 Å². The highest BCUT2D eigenvalue weighted by Crippen LogP contribution is 2.16. The van der Waals surface area contributed by atoms with Gasteiger partial charge in [0, 0.05) is 18.7 Å². The molecule has 1 aromatic rings. The van der Waals surface area contributed by atoms with E-state index in [-0.39, 0.29) is 0 Å². The van der Waals surface area contributed by atoms with Crippen molar-refractivity contribution in [2.24, 2.45) is 5.41 Å². The van der Waals surface area contributed by atoms with Gasteiger partial charge >= 0.3 is 0 Å². The number of nitrogens with zero attached hydrogens (tertiary/aromatic N) is 1. The Morgan fingerprint density at radius 3 is 2.65 bits per heavy atom. The smallest absolute Gasteiger partial charge is 0.118 e. The van der Waals surface area contributed by atoms with Gasteiger partial charge in [-0.05, 0) is 25.1 Å². The van der Waals surface area contributed by atoms with Crippen LogP contribution in [-0.2, 0) is 13.1 Å². The first-order valence-corrected chi connectivity index (χ1v) is 6.36. The molecule has 3 nitrogen and oxygen atoms in total. The van der Waals surface area contributed by atoms with Crippen LogP contribution in [0.15, 0.2) is 16.7 Å². The fourth-order valence-corrected chi connectivity index (χ4v) is 2.00. The monoisotopic (exact) mass is 238 g/mol. The minimum Gasteiger partial charge on any atom is -0.468 e. The molecule has 0 fully saturated rings. The van der Waals surface area contributed by atoms with Crippen molar-refractivity contribution in [2.75, 3.05) is 20.1 Å². The average Bonchev–Trinajstić information content (AvgIpc) is 2.59. The van der Waals surface area contributed by atoms with Crippen molar-refractivity contribution >= 4 is 0 Å². The van der Waals surface area contributed by atoms with Gasteiger partial charge in [-0.1, -0.05) is 27.7 Å². The van der Waals surface area contributed by atoms with Gasteiger partial charge in [0.05, 0.1) is 12.8 Å². The number of nitrogens with one attached hydrogen (secondary N) is 1. The molecular weight excluding hydrogens is 212 g/mol. The van der Waals surface area contributed by atoms with Crippen LogP contribution in [0.2, 0.25) is 0 Å². The SMILES string of the molecule is CCNCc1coc(CN(C)CC(C)(C)C)c1. The molecule has 0 atom stereocenters. The third-order valence-electron chi connectivity index (χ3n) is 2.46. The summed E-state index contributed by atoms with van der Waals surface area (Å²) in [6, 6.07) is 2.14. The van der Waals surface area contributed by atoms with Gasteiger partial charge in [0.1, 0.15) is 5.76 Å². The molecule has 0 aliphatic carbocycles. The maximum absolute atomic E-state index is 5.57. The fourth-order valence-electron chi connectivity index (χ4n) is 2.00. The van der Waals surface area contributed by atoms with Gasteiger partial charge in [0.15, 0.2) is 0 Å². The lowest BCUT2D eigenvalue weighted by Gasteiger charge is -2.25. The molecule has 1 N–H and O–H groups in total. The van der Waals surface area contributed by atoms with Crippen molar-refractivity contribution in [1.82, 2.24) is 10.2 Å². The summed E-state index contributed by atoms with van der Waals surface area (Å²) in [6.07, 6.45) is 1.85. The summed E-state index contributed by atoms with van der Waals surface area (Å²) >= 11 is 0. The van der Waals surface area contributed by atoms with Crippen molar-refractivity contribution in [2.45, 2.75) is 40.8 Å². The lowest BCUT2D eigenvalue weighted by atomic mass is 9.96. The van der Waals surface area contributed by atoms with Crippen LogP contribution in [0.1, 0.15) is 39.0 Å². The first-order chi connectivity index (χ1) is 7.90. The molecule has 1 heterocycles. The molecule has 0 aliphatic rings. The minimum absolute atomic E-state index is 0.327. The zero-order valence-electron chi connectivity index (χ0n) is 11.8. The van der Waals surface area contributed by atoms with Crippen LogP contribution in [-0.4, -0.2) is 25.0 Å². The van der Waals surface area contributed by atoms with Gasteiger partial charge in [-0.25, -0.2) is 0 Å². The summed E-state index contributed by atoms with van der Waals surface area (Å²) in [6.45, 7) is 12.7. The second-order valence-corrected chi connectivity index (χ2v) is 5.93. The molecule has 0 radical (unpaired) electrons. The quantitative estimate of drug-likeness (QED) is 0.826. The second-order valence-electron chi connectivity index (χ2n) is 5.93. The molecule has 0 unspecified atom stereocenters. The summed E-state index contributed by atoms with van der Waals surface area (Å²) < 4.78 is 5.57. The van der Waals surface area contributed by atoms with E-state index in [1.807, 2.05) is 6.26 Å². The lowest BCUT2D eigenvalue weighted by molar-refractivity contribution is 0.208. The van der Waals surface area contributed by atoms with Crippen LogP contribution in [0.3, 0.4) is 0 Å².